The molecule has 0 unspecified atom stereocenters. The fourth-order valence-electron chi connectivity index (χ4n) is 3.24. The molecule has 1 fully saturated rings. The molecule has 0 aliphatic carbocycles. The lowest BCUT2D eigenvalue weighted by Crippen LogP contribution is -2.45. The van der Waals surface area contributed by atoms with Crippen molar-refractivity contribution in [3.05, 3.63) is 23.5 Å². The van der Waals surface area contributed by atoms with Crippen LogP contribution in [0, 0.1) is 5.82 Å². The molecule has 1 aliphatic heterocycles. The van der Waals surface area contributed by atoms with Crippen molar-refractivity contribution in [2.24, 2.45) is 0 Å². The Morgan fingerprint density at radius 3 is 2.24 bits per heavy atom. The van der Waals surface area contributed by atoms with Gasteiger partial charge >= 0.3 is 0 Å². The average molecular weight is 397 g/mol. The minimum absolute atomic E-state index is 0. The number of methoxy groups -OCH3 is 2. The summed E-state index contributed by atoms with van der Waals surface area (Å²) in [5.41, 5.74) is 0.723. The van der Waals surface area contributed by atoms with Crippen molar-refractivity contribution >= 4 is 24.8 Å². The van der Waals surface area contributed by atoms with Crippen molar-refractivity contribution in [2.75, 3.05) is 40.4 Å². The molecule has 1 atom stereocenters. The standard InChI is InChI=1S/C18H29FN2O2.2ClH/c1-4-5-6-7-16(21-10-8-20-9-11-21)14-12-17(22-2)18(23-3)13-15(14)19;;/h12-13,16,20H,4-11H2,1-3H3;2*1H/t16-;;/m1../s1. The van der Waals surface area contributed by atoms with Gasteiger partial charge in [-0.15, -0.1) is 24.8 Å². The van der Waals surface area contributed by atoms with E-state index in [0.717, 1.165) is 44.6 Å². The first kappa shape index (κ1) is 24.2. The van der Waals surface area contributed by atoms with Gasteiger partial charge in [0.15, 0.2) is 11.5 Å². The highest BCUT2D eigenvalue weighted by atomic mass is 35.5. The molecule has 1 aromatic rings. The van der Waals surface area contributed by atoms with E-state index in [1.54, 1.807) is 7.11 Å². The minimum atomic E-state index is -0.206. The fourth-order valence-corrected chi connectivity index (χ4v) is 3.24. The third-order valence-corrected chi connectivity index (χ3v) is 4.54. The summed E-state index contributed by atoms with van der Waals surface area (Å²) in [7, 11) is 3.13. The second kappa shape index (κ2) is 12.6. The van der Waals surface area contributed by atoms with Crippen LogP contribution in [0.2, 0.25) is 0 Å². The maximum Gasteiger partial charge on any atom is 0.163 e. The van der Waals surface area contributed by atoms with Gasteiger partial charge in [-0.3, -0.25) is 4.90 Å². The van der Waals surface area contributed by atoms with Crippen LogP contribution in [0.1, 0.15) is 44.2 Å². The Bertz CT molecular complexity index is 500. The van der Waals surface area contributed by atoms with Crippen LogP contribution < -0.4 is 14.8 Å². The Balaban J connectivity index is 0.00000288. The van der Waals surface area contributed by atoms with Crippen LogP contribution in [0.3, 0.4) is 0 Å². The highest BCUT2D eigenvalue weighted by molar-refractivity contribution is 5.85. The molecule has 1 aromatic carbocycles. The Kier molecular flexibility index (Phi) is 12.2. The summed E-state index contributed by atoms with van der Waals surface area (Å²) < 4.78 is 25.3. The van der Waals surface area contributed by atoms with Gasteiger partial charge in [0.25, 0.3) is 0 Å². The topological polar surface area (TPSA) is 33.7 Å². The highest BCUT2D eigenvalue weighted by Gasteiger charge is 2.26. The zero-order valence-corrected chi connectivity index (χ0v) is 17.0. The molecule has 0 radical (unpaired) electrons. The molecule has 0 aromatic heterocycles. The van der Waals surface area contributed by atoms with E-state index < -0.39 is 0 Å². The molecule has 1 aliphatic rings. The quantitative estimate of drug-likeness (QED) is 0.667. The molecule has 146 valence electrons. The molecule has 0 saturated carbocycles. The molecule has 0 amide bonds. The van der Waals surface area contributed by atoms with Gasteiger partial charge in [-0.05, 0) is 12.5 Å². The van der Waals surface area contributed by atoms with E-state index in [-0.39, 0.29) is 36.7 Å². The Labute approximate surface area is 163 Å². The van der Waals surface area contributed by atoms with Gasteiger partial charge in [-0.1, -0.05) is 26.2 Å². The lowest BCUT2D eigenvalue weighted by Gasteiger charge is -2.35. The largest absolute Gasteiger partial charge is 0.493 e. The van der Waals surface area contributed by atoms with Crippen LogP contribution in [0.25, 0.3) is 0 Å². The summed E-state index contributed by atoms with van der Waals surface area (Å²) in [5, 5.41) is 3.36. The van der Waals surface area contributed by atoms with Gasteiger partial charge < -0.3 is 14.8 Å². The highest BCUT2D eigenvalue weighted by Crippen LogP contribution is 2.36. The number of nitrogens with zero attached hydrogens (tertiary/aromatic N) is 1. The van der Waals surface area contributed by atoms with Crippen molar-refractivity contribution in [2.45, 2.75) is 38.6 Å². The number of hydrogen-bond acceptors (Lipinski definition) is 4. The lowest BCUT2D eigenvalue weighted by atomic mass is 9.97. The molecule has 4 nitrogen and oxygen atoms in total. The van der Waals surface area contributed by atoms with Crippen LogP contribution in [0.5, 0.6) is 11.5 Å². The van der Waals surface area contributed by atoms with E-state index in [0.29, 0.717) is 11.5 Å². The number of rotatable bonds is 8. The summed E-state index contributed by atoms with van der Waals surface area (Å²) in [6, 6.07) is 3.36. The first-order valence-electron chi connectivity index (χ1n) is 8.57. The first-order chi connectivity index (χ1) is 11.2. The van der Waals surface area contributed by atoms with Crippen LogP contribution >= 0.6 is 24.8 Å². The molecule has 2 rings (SSSR count). The Morgan fingerprint density at radius 1 is 1.08 bits per heavy atom. The van der Waals surface area contributed by atoms with E-state index in [2.05, 4.69) is 17.1 Å². The van der Waals surface area contributed by atoms with E-state index in [4.69, 9.17) is 9.47 Å². The summed E-state index contributed by atoms with van der Waals surface area (Å²) >= 11 is 0. The van der Waals surface area contributed by atoms with E-state index in [9.17, 15) is 4.39 Å². The SMILES string of the molecule is CCCCC[C@H](c1cc(OC)c(OC)cc1F)N1CCNCC1.Cl.Cl. The monoisotopic (exact) mass is 396 g/mol. The molecule has 1 heterocycles. The molecule has 7 heteroatoms. The maximum absolute atomic E-state index is 14.7. The Hall–Kier alpha value is -0.750. The normalized spacial score (nSPS) is 15.7. The second-order valence-corrected chi connectivity index (χ2v) is 6.03. The van der Waals surface area contributed by atoms with Gasteiger partial charge in [0, 0.05) is 43.9 Å². The van der Waals surface area contributed by atoms with Gasteiger partial charge in [0.2, 0.25) is 0 Å². The molecule has 1 N–H and O–H groups in total. The average Bonchev–Trinajstić information content (AvgIpc) is 2.60. The molecular formula is C18H31Cl2FN2O2. The summed E-state index contributed by atoms with van der Waals surface area (Å²) in [6.07, 6.45) is 4.43. The summed E-state index contributed by atoms with van der Waals surface area (Å²) in [4.78, 5) is 2.39. The maximum atomic E-state index is 14.7. The van der Waals surface area contributed by atoms with Gasteiger partial charge in [0.1, 0.15) is 5.82 Å². The van der Waals surface area contributed by atoms with Crippen LogP contribution in [0.4, 0.5) is 4.39 Å². The summed E-state index contributed by atoms with van der Waals surface area (Å²) in [6.45, 7) is 6.00. The first-order valence-corrected chi connectivity index (χ1v) is 8.57. The van der Waals surface area contributed by atoms with Crippen molar-refractivity contribution < 1.29 is 13.9 Å². The van der Waals surface area contributed by atoms with Gasteiger partial charge in [-0.25, -0.2) is 4.39 Å². The van der Waals surface area contributed by atoms with Crippen LogP contribution in [-0.2, 0) is 0 Å². The van der Waals surface area contributed by atoms with Gasteiger partial charge in [-0.2, -0.15) is 0 Å². The molecule has 0 bridgehead atoms. The predicted molar refractivity (Wildman–Crippen MR) is 105 cm³/mol. The second-order valence-electron chi connectivity index (χ2n) is 6.03. The van der Waals surface area contributed by atoms with E-state index >= 15 is 0 Å². The van der Waals surface area contributed by atoms with Crippen molar-refractivity contribution in [3.8, 4) is 11.5 Å². The number of benzene rings is 1. The molecule has 0 spiro atoms. The van der Waals surface area contributed by atoms with Crippen molar-refractivity contribution in [1.29, 1.82) is 0 Å². The summed E-state index contributed by atoms with van der Waals surface area (Å²) in [5.74, 6) is 0.837. The zero-order chi connectivity index (χ0) is 16.7. The molecule has 1 saturated heterocycles. The molecular weight excluding hydrogens is 366 g/mol. The van der Waals surface area contributed by atoms with Crippen molar-refractivity contribution in [3.63, 3.8) is 0 Å². The number of piperazine rings is 1. The fraction of sp³-hybridized carbons (Fsp3) is 0.667. The number of hydrogen-bond donors (Lipinski definition) is 1. The predicted octanol–water partition coefficient (Wildman–Crippen LogP) is 4.21. The lowest BCUT2D eigenvalue weighted by molar-refractivity contribution is 0.159. The van der Waals surface area contributed by atoms with Crippen LogP contribution in [-0.4, -0.2) is 45.3 Å². The van der Waals surface area contributed by atoms with Crippen LogP contribution in [0.15, 0.2) is 12.1 Å². The van der Waals surface area contributed by atoms with Crippen molar-refractivity contribution in [1.82, 2.24) is 10.2 Å². The van der Waals surface area contributed by atoms with Gasteiger partial charge in [0.05, 0.1) is 14.2 Å². The van der Waals surface area contributed by atoms with E-state index in [1.165, 1.54) is 26.0 Å². The smallest absolute Gasteiger partial charge is 0.163 e. The zero-order valence-electron chi connectivity index (χ0n) is 15.3. The number of nitrogens with one attached hydrogen (secondary N) is 1. The minimum Gasteiger partial charge on any atom is -0.493 e. The third-order valence-electron chi connectivity index (χ3n) is 4.54. The number of ether oxygens (including phenoxy) is 2. The Morgan fingerprint density at radius 2 is 1.68 bits per heavy atom. The third kappa shape index (κ3) is 6.48. The molecule has 25 heavy (non-hydrogen) atoms. The van der Waals surface area contributed by atoms with E-state index in [1.807, 2.05) is 6.07 Å². The number of unbranched alkanes of at least 4 members (excludes halogenated alkanes) is 2. The number of halogens is 3.